The van der Waals surface area contributed by atoms with Crippen molar-refractivity contribution in [3.63, 3.8) is 0 Å². The number of phenols is 3. The smallest absolute Gasteiger partial charge is 0.181 e. The number of ether oxygens (including phenoxy) is 3. The Labute approximate surface area is 216 Å². The summed E-state index contributed by atoms with van der Waals surface area (Å²) in [5.74, 6) is -3.11. The van der Waals surface area contributed by atoms with Crippen molar-refractivity contribution in [2.24, 2.45) is 0 Å². The molecule has 3 heterocycles. The predicted molar refractivity (Wildman–Crippen MR) is 128 cm³/mol. The molecule has 0 bridgehead atoms. The van der Waals surface area contributed by atoms with Gasteiger partial charge in [0.15, 0.2) is 5.78 Å². The number of benzene rings is 2. The van der Waals surface area contributed by atoms with Crippen LogP contribution in [-0.2, 0) is 11.2 Å². The SMILES string of the molecule is CC(C)(O)[C@@H]1Cc2cc([C@H]3COc4c(c(O)cc(O)c4[C@@H]4O[C@H](CO)[C@@H](O)[C@H](O)[C@H]4O)C3=O)c(O)cc2O1. The van der Waals surface area contributed by atoms with E-state index in [0.29, 0.717) is 17.7 Å². The minimum absolute atomic E-state index is 0.210. The minimum atomic E-state index is -1.77. The summed E-state index contributed by atoms with van der Waals surface area (Å²) in [5.41, 5.74) is -0.856. The topological polar surface area (TPSA) is 207 Å². The van der Waals surface area contributed by atoms with Gasteiger partial charge in [0.25, 0.3) is 0 Å². The summed E-state index contributed by atoms with van der Waals surface area (Å²) in [6, 6.07) is 3.81. The standard InChI is InChI=1S/C26H30O12/c1-26(2,35)17-4-9-3-10(12(28)6-15(9)37-17)11-8-36-24-18(20(11)31)13(29)5-14(30)19(24)25-23(34)22(33)21(32)16(7-27)38-25/h3,5-6,11,16-17,21-23,25,27-30,32-35H,4,7-8H2,1-2H3/t11-,16-,17+,21-,22+,23-,25+/m1/s1. The summed E-state index contributed by atoms with van der Waals surface area (Å²) >= 11 is 0. The van der Waals surface area contributed by atoms with Gasteiger partial charge in [-0.1, -0.05) is 0 Å². The number of rotatable bonds is 4. The highest BCUT2D eigenvalue weighted by molar-refractivity contribution is 6.07. The lowest BCUT2D eigenvalue weighted by Gasteiger charge is -2.41. The quantitative estimate of drug-likeness (QED) is 0.256. The van der Waals surface area contributed by atoms with E-state index >= 15 is 0 Å². The average molecular weight is 535 g/mol. The molecule has 206 valence electrons. The van der Waals surface area contributed by atoms with Crippen LogP contribution < -0.4 is 9.47 Å². The van der Waals surface area contributed by atoms with Crippen LogP contribution in [0.5, 0.6) is 28.7 Å². The molecule has 5 rings (SSSR count). The van der Waals surface area contributed by atoms with E-state index in [1.807, 2.05) is 0 Å². The largest absolute Gasteiger partial charge is 0.508 e. The molecule has 0 saturated carbocycles. The minimum Gasteiger partial charge on any atom is -0.508 e. The van der Waals surface area contributed by atoms with Crippen molar-refractivity contribution < 1.29 is 59.9 Å². The van der Waals surface area contributed by atoms with Gasteiger partial charge in [-0.15, -0.1) is 0 Å². The molecule has 12 nitrogen and oxygen atoms in total. The van der Waals surface area contributed by atoms with Crippen LogP contribution in [0.2, 0.25) is 0 Å². The summed E-state index contributed by atoms with van der Waals surface area (Å²) < 4.78 is 17.1. The van der Waals surface area contributed by atoms with Crippen molar-refractivity contribution in [2.45, 2.75) is 68.4 Å². The Balaban J connectivity index is 1.52. The van der Waals surface area contributed by atoms with Gasteiger partial charge in [0.1, 0.15) is 77.5 Å². The number of phenolic OH excluding ortho intramolecular Hbond substituents is 3. The van der Waals surface area contributed by atoms with Crippen LogP contribution in [0.25, 0.3) is 0 Å². The van der Waals surface area contributed by atoms with Gasteiger partial charge in [0.2, 0.25) is 0 Å². The summed E-state index contributed by atoms with van der Waals surface area (Å²) in [7, 11) is 0. The zero-order valence-corrected chi connectivity index (χ0v) is 20.6. The molecule has 0 amide bonds. The Kier molecular flexibility index (Phi) is 6.45. The first kappa shape index (κ1) is 26.5. The average Bonchev–Trinajstić information content (AvgIpc) is 3.27. The maximum Gasteiger partial charge on any atom is 0.181 e. The molecule has 8 N–H and O–H groups in total. The van der Waals surface area contributed by atoms with Crippen LogP contribution in [0.3, 0.4) is 0 Å². The molecule has 0 aliphatic carbocycles. The number of fused-ring (bicyclic) bond motifs is 2. The van der Waals surface area contributed by atoms with Crippen molar-refractivity contribution in [2.75, 3.05) is 13.2 Å². The van der Waals surface area contributed by atoms with E-state index in [-0.39, 0.29) is 34.8 Å². The molecule has 3 aliphatic rings. The third-order valence-electron chi connectivity index (χ3n) is 7.46. The highest BCUT2D eigenvalue weighted by Crippen LogP contribution is 2.50. The number of carbonyl (C=O) groups is 1. The van der Waals surface area contributed by atoms with Crippen molar-refractivity contribution >= 4 is 5.78 Å². The number of aliphatic hydroxyl groups excluding tert-OH is 4. The number of Topliss-reactive ketones (excluding diaryl/α,β-unsaturated/α-hetero) is 1. The molecule has 0 aromatic heterocycles. The molecular formula is C26H30O12. The number of ketones is 1. The van der Waals surface area contributed by atoms with Crippen LogP contribution >= 0.6 is 0 Å². The normalized spacial score (nSPS) is 30.8. The van der Waals surface area contributed by atoms with E-state index in [4.69, 9.17) is 14.2 Å². The van der Waals surface area contributed by atoms with Gasteiger partial charge in [0.05, 0.1) is 23.7 Å². The van der Waals surface area contributed by atoms with E-state index < -0.39 is 72.0 Å². The zero-order valence-electron chi connectivity index (χ0n) is 20.6. The van der Waals surface area contributed by atoms with Crippen LogP contribution in [0.1, 0.15) is 52.9 Å². The van der Waals surface area contributed by atoms with Crippen molar-refractivity contribution in [3.8, 4) is 28.7 Å². The highest BCUT2D eigenvalue weighted by Gasteiger charge is 2.48. The maximum atomic E-state index is 13.6. The van der Waals surface area contributed by atoms with E-state index in [1.54, 1.807) is 19.9 Å². The molecule has 0 unspecified atom stereocenters. The predicted octanol–water partition coefficient (Wildman–Crippen LogP) is -0.248. The second-order valence-electron chi connectivity index (χ2n) is 10.5. The first-order valence-electron chi connectivity index (χ1n) is 12.1. The van der Waals surface area contributed by atoms with Gasteiger partial charge in [-0.05, 0) is 25.5 Å². The number of aromatic hydroxyl groups is 3. The van der Waals surface area contributed by atoms with Crippen LogP contribution in [0, 0.1) is 0 Å². The van der Waals surface area contributed by atoms with Gasteiger partial charge in [-0.25, -0.2) is 0 Å². The highest BCUT2D eigenvalue weighted by atomic mass is 16.5. The fraction of sp³-hybridized carbons (Fsp3) is 0.500. The summed E-state index contributed by atoms with van der Waals surface area (Å²) in [6.45, 7) is 2.18. The number of carbonyl (C=O) groups excluding carboxylic acids is 1. The lowest BCUT2D eigenvalue weighted by atomic mass is 9.83. The lowest BCUT2D eigenvalue weighted by molar-refractivity contribution is -0.232. The summed E-state index contributed by atoms with van der Waals surface area (Å²) in [4.78, 5) is 13.6. The monoisotopic (exact) mass is 534 g/mol. The second kappa shape index (κ2) is 9.26. The summed E-state index contributed by atoms with van der Waals surface area (Å²) in [6.07, 6.45) is -8.19. The molecule has 0 spiro atoms. The molecule has 1 saturated heterocycles. The molecule has 2 aromatic carbocycles. The van der Waals surface area contributed by atoms with Gasteiger partial charge in [0, 0.05) is 24.1 Å². The molecule has 2 aromatic rings. The van der Waals surface area contributed by atoms with Crippen LogP contribution in [-0.4, -0.2) is 96.0 Å². The molecule has 0 radical (unpaired) electrons. The first-order chi connectivity index (χ1) is 17.8. The molecule has 38 heavy (non-hydrogen) atoms. The summed E-state index contributed by atoms with van der Waals surface area (Å²) in [5, 5.41) is 82.7. The van der Waals surface area contributed by atoms with E-state index in [2.05, 4.69) is 0 Å². The molecular weight excluding hydrogens is 504 g/mol. The first-order valence-corrected chi connectivity index (χ1v) is 12.1. The maximum absolute atomic E-state index is 13.6. The van der Waals surface area contributed by atoms with Crippen molar-refractivity contribution in [3.05, 3.63) is 40.5 Å². The van der Waals surface area contributed by atoms with Crippen molar-refractivity contribution in [1.29, 1.82) is 0 Å². The zero-order chi connectivity index (χ0) is 27.7. The van der Waals surface area contributed by atoms with Crippen LogP contribution in [0.4, 0.5) is 0 Å². The van der Waals surface area contributed by atoms with Gasteiger partial charge < -0.3 is 55.1 Å². The van der Waals surface area contributed by atoms with E-state index in [0.717, 1.165) is 6.07 Å². The van der Waals surface area contributed by atoms with Crippen LogP contribution in [0.15, 0.2) is 18.2 Å². The Morgan fingerprint density at radius 2 is 1.68 bits per heavy atom. The fourth-order valence-electron chi connectivity index (χ4n) is 5.27. The third kappa shape index (κ3) is 4.13. The lowest BCUT2D eigenvalue weighted by Crippen LogP contribution is -2.55. The van der Waals surface area contributed by atoms with Gasteiger partial charge in [-0.2, -0.15) is 0 Å². The number of aliphatic hydroxyl groups is 5. The van der Waals surface area contributed by atoms with E-state index in [1.165, 1.54) is 6.07 Å². The Hall–Kier alpha value is -3.13. The number of hydrogen-bond acceptors (Lipinski definition) is 12. The molecule has 7 atom stereocenters. The number of hydrogen-bond donors (Lipinski definition) is 8. The van der Waals surface area contributed by atoms with E-state index in [9.17, 15) is 45.6 Å². The fourth-order valence-corrected chi connectivity index (χ4v) is 5.27. The van der Waals surface area contributed by atoms with Crippen molar-refractivity contribution in [1.82, 2.24) is 0 Å². The second-order valence-corrected chi connectivity index (χ2v) is 10.5. The third-order valence-corrected chi connectivity index (χ3v) is 7.46. The Morgan fingerprint density at radius 1 is 0.974 bits per heavy atom. The molecule has 3 aliphatic heterocycles. The molecule has 1 fully saturated rings. The van der Waals surface area contributed by atoms with Gasteiger partial charge in [-0.3, -0.25) is 4.79 Å². The Bertz CT molecular complexity index is 1270. The Morgan fingerprint density at radius 3 is 2.34 bits per heavy atom. The van der Waals surface area contributed by atoms with Gasteiger partial charge >= 0.3 is 0 Å². The molecule has 12 heteroatoms.